The predicted molar refractivity (Wildman–Crippen MR) is 94.7 cm³/mol. The molecule has 2 aromatic carbocycles. The molecular formula is C16H14Cl2N2O2S. The lowest BCUT2D eigenvalue weighted by atomic mass is 10.2. The van der Waals surface area contributed by atoms with Crippen LogP contribution in [0.1, 0.15) is 15.9 Å². The third-order valence-corrected chi connectivity index (χ3v) is 4.58. The maximum atomic E-state index is 11.8. The Bertz CT molecular complexity index is 696. The molecule has 0 bridgehead atoms. The number of carbonyl (C=O) groups excluding carboxylic acids is 2. The first-order valence-electron chi connectivity index (χ1n) is 6.72. The topological polar surface area (TPSA) is 58.2 Å². The van der Waals surface area contributed by atoms with Crippen LogP contribution in [0.5, 0.6) is 0 Å². The molecular weight excluding hydrogens is 355 g/mol. The molecule has 0 unspecified atom stereocenters. The predicted octanol–water partition coefficient (Wildman–Crippen LogP) is 3.69. The Balaban J connectivity index is 1.71. The SMILES string of the molecule is O=C(CSCc1ccc(Cl)c(Cl)c1)NNC(=O)c1ccccc1. The molecule has 0 spiro atoms. The number of hydrogen-bond acceptors (Lipinski definition) is 3. The average molecular weight is 369 g/mol. The molecule has 4 nitrogen and oxygen atoms in total. The first kappa shape index (κ1) is 17.7. The number of carbonyl (C=O) groups is 2. The van der Waals surface area contributed by atoms with Crippen LogP contribution in [-0.2, 0) is 10.5 Å². The third kappa shape index (κ3) is 5.78. The normalized spacial score (nSPS) is 10.2. The highest BCUT2D eigenvalue weighted by Crippen LogP contribution is 2.24. The van der Waals surface area contributed by atoms with Gasteiger partial charge in [-0.15, -0.1) is 11.8 Å². The largest absolute Gasteiger partial charge is 0.272 e. The Morgan fingerprint density at radius 1 is 0.957 bits per heavy atom. The lowest BCUT2D eigenvalue weighted by Gasteiger charge is -2.07. The van der Waals surface area contributed by atoms with Gasteiger partial charge in [0.15, 0.2) is 0 Å². The molecule has 120 valence electrons. The van der Waals surface area contributed by atoms with Crippen LogP contribution in [0, 0.1) is 0 Å². The number of hydrazine groups is 1. The van der Waals surface area contributed by atoms with Crippen molar-refractivity contribution >= 4 is 46.8 Å². The van der Waals surface area contributed by atoms with Gasteiger partial charge in [0.1, 0.15) is 0 Å². The number of halogens is 2. The van der Waals surface area contributed by atoms with Gasteiger partial charge < -0.3 is 0 Å². The summed E-state index contributed by atoms with van der Waals surface area (Å²) in [5.41, 5.74) is 6.21. The monoisotopic (exact) mass is 368 g/mol. The summed E-state index contributed by atoms with van der Waals surface area (Å²) in [5.74, 6) is 0.208. The van der Waals surface area contributed by atoms with Crippen LogP contribution in [0.25, 0.3) is 0 Å². The van der Waals surface area contributed by atoms with Gasteiger partial charge in [-0.2, -0.15) is 0 Å². The van der Waals surface area contributed by atoms with Crippen molar-refractivity contribution in [2.45, 2.75) is 5.75 Å². The highest BCUT2D eigenvalue weighted by molar-refractivity contribution is 7.99. The van der Waals surface area contributed by atoms with Crippen LogP contribution in [-0.4, -0.2) is 17.6 Å². The highest BCUT2D eigenvalue weighted by atomic mass is 35.5. The molecule has 0 saturated carbocycles. The molecule has 2 N–H and O–H groups in total. The van der Waals surface area contributed by atoms with Crippen molar-refractivity contribution in [2.24, 2.45) is 0 Å². The Hall–Kier alpha value is -1.69. The van der Waals surface area contributed by atoms with Crippen LogP contribution in [0.3, 0.4) is 0 Å². The molecule has 0 aromatic heterocycles. The van der Waals surface area contributed by atoms with E-state index in [1.54, 1.807) is 36.4 Å². The Kier molecular flexibility index (Phi) is 6.77. The lowest BCUT2D eigenvalue weighted by molar-refractivity contribution is -0.119. The van der Waals surface area contributed by atoms with Crippen LogP contribution < -0.4 is 10.9 Å². The smallest absolute Gasteiger partial charge is 0.269 e. The second-order valence-electron chi connectivity index (χ2n) is 4.61. The van der Waals surface area contributed by atoms with Crippen molar-refractivity contribution in [3.63, 3.8) is 0 Å². The number of benzene rings is 2. The van der Waals surface area contributed by atoms with Crippen molar-refractivity contribution in [1.82, 2.24) is 10.9 Å². The van der Waals surface area contributed by atoms with E-state index in [-0.39, 0.29) is 17.6 Å². The molecule has 7 heteroatoms. The molecule has 2 aromatic rings. The van der Waals surface area contributed by atoms with E-state index in [4.69, 9.17) is 23.2 Å². The van der Waals surface area contributed by atoms with Crippen molar-refractivity contribution in [2.75, 3.05) is 5.75 Å². The first-order chi connectivity index (χ1) is 11.1. The zero-order valence-electron chi connectivity index (χ0n) is 12.0. The summed E-state index contributed by atoms with van der Waals surface area (Å²) < 4.78 is 0. The second-order valence-corrected chi connectivity index (χ2v) is 6.41. The van der Waals surface area contributed by atoms with E-state index in [0.717, 1.165) is 5.56 Å². The average Bonchev–Trinajstić information content (AvgIpc) is 2.56. The summed E-state index contributed by atoms with van der Waals surface area (Å²) in [7, 11) is 0. The number of nitrogens with one attached hydrogen (secondary N) is 2. The molecule has 0 atom stereocenters. The van der Waals surface area contributed by atoms with Gasteiger partial charge in [0.25, 0.3) is 5.91 Å². The van der Waals surface area contributed by atoms with Crippen molar-refractivity contribution in [3.05, 3.63) is 69.7 Å². The molecule has 0 saturated heterocycles. The fourth-order valence-electron chi connectivity index (χ4n) is 1.72. The van der Waals surface area contributed by atoms with E-state index >= 15 is 0 Å². The van der Waals surface area contributed by atoms with Gasteiger partial charge in [0, 0.05) is 11.3 Å². The Morgan fingerprint density at radius 2 is 1.70 bits per heavy atom. The van der Waals surface area contributed by atoms with Crippen molar-refractivity contribution in [3.8, 4) is 0 Å². The summed E-state index contributed by atoms with van der Waals surface area (Å²) in [4.78, 5) is 23.5. The van der Waals surface area contributed by atoms with Crippen LogP contribution in [0.4, 0.5) is 0 Å². The minimum Gasteiger partial charge on any atom is -0.272 e. The van der Waals surface area contributed by atoms with Gasteiger partial charge in [-0.05, 0) is 29.8 Å². The summed E-state index contributed by atoms with van der Waals surface area (Å²) in [6, 6.07) is 14.0. The van der Waals surface area contributed by atoms with E-state index in [1.807, 2.05) is 12.1 Å². The minimum absolute atomic E-state index is 0.218. The standard InChI is InChI=1S/C16H14Cl2N2O2S/c17-13-7-6-11(8-14(13)18)9-23-10-15(21)19-20-16(22)12-4-2-1-3-5-12/h1-8H,9-10H2,(H,19,21)(H,20,22). The van der Waals surface area contributed by atoms with Gasteiger partial charge >= 0.3 is 0 Å². The molecule has 0 fully saturated rings. The number of hydrogen-bond donors (Lipinski definition) is 2. The third-order valence-electron chi connectivity index (χ3n) is 2.84. The zero-order valence-corrected chi connectivity index (χ0v) is 14.3. The van der Waals surface area contributed by atoms with Crippen molar-refractivity contribution < 1.29 is 9.59 Å². The fraction of sp³-hybridized carbons (Fsp3) is 0.125. The maximum absolute atomic E-state index is 11.8. The Morgan fingerprint density at radius 3 is 2.39 bits per heavy atom. The number of amides is 2. The van der Waals surface area contributed by atoms with E-state index in [2.05, 4.69) is 10.9 Å². The molecule has 2 amide bonds. The molecule has 0 aliphatic rings. The van der Waals surface area contributed by atoms with E-state index in [0.29, 0.717) is 21.4 Å². The molecule has 2 rings (SSSR count). The molecule has 0 radical (unpaired) electrons. The van der Waals surface area contributed by atoms with Crippen LogP contribution in [0.2, 0.25) is 10.0 Å². The van der Waals surface area contributed by atoms with Crippen molar-refractivity contribution in [1.29, 1.82) is 0 Å². The van der Waals surface area contributed by atoms with Gasteiger partial charge in [-0.3, -0.25) is 20.4 Å². The molecule has 0 aliphatic carbocycles. The number of thioether (sulfide) groups is 1. The van der Waals surface area contributed by atoms with E-state index in [9.17, 15) is 9.59 Å². The minimum atomic E-state index is -0.353. The number of rotatable bonds is 5. The quantitative estimate of drug-likeness (QED) is 0.791. The van der Waals surface area contributed by atoms with Crippen LogP contribution >= 0.6 is 35.0 Å². The molecule has 23 heavy (non-hydrogen) atoms. The van der Waals surface area contributed by atoms with Gasteiger partial charge in [-0.1, -0.05) is 47.5 Å². The lowest BCUT2D eigenvalue weighted by Crippen LogP contribution is -2.42. The van der Waals surface area contributed by atoms with Gasteiger partial charge in [-0.25, -0.2) is 0 Å². The van der Waals surface area contributed by atoms with E-state index in [1.165, 1.54) is 11.8 Å². The first-order valence-corrected chi connectivity index (χ1v) is 8.63. The summed E-state index contributed by atoms with van der Waals surface area (Å²) in [6.45, 7) is 0. The summed E-state index contributed by atoms with van der Waals surface area (Å²) >= 11 is 13.2. The highest BCUT2D eigenvalue weighted by Gasteiger charge is 2.07. The van der Waals surface area contributed by atoms with E-state index < -0.39 is 0 Å². The zero-order chi connectivity index (χ0) is 16.7. The van der Waals surface area contributed by atoms with Gasteiger partial charge in [0.05, 0.1) is 15.8 Å². The molecule has 0 heterocycles. The fourth-order valence-corrected chi connectivity index (χ4v) is 2.81. The second kappa shape index (κ2) is 8.82. The van der Waals surface area contributed by atoms with Crippen LogP contribution in [0.15, 0.2) is 48.5 Å². The Labute approximate surface area is 148 Å². The molecule has 0 aliphatic heterocycles. The summed E-state index contributed by atoms with van der Waals surface area (Å²) in [5, 5.41) is 0.992. The van der Waals surface area contributed by atoms with Gasteiger partial charge in [0.2, 0.25) is 5.91 Å². The summed E-state index contributed by atoms with van der Waals surface area (Å²) in [6.07, 6.45) is 0. The maximum Gasteiger partial charge on any atom is 0.269 e.